The summed E-state index contributed by atoms with van der Waals surface area (Å²) in [4.78, 5) is 26.6. The van der Waals surface area contributed by atoms with Crippen molar-refractivity contribution in [1.82, 2.24) is 9.89 Å². The van der Waals surface area contributed by atoms with Crippen molar-refractivity contribution in [3.8, 4) is 11.3 Å². The van der Waals surface area contributed by atoms with Gasteiger partial charge in [-0.25, -0.2) is 9.82 Å². The second-order valence-corrected chi connectivity index (χ2v) is 8.29. The van der Waals surface area contributed by atoms with Crippen LogP contribution >= 0.6 is 0 Å². The largest absolute Gasteiger partial charge is 0.294 e. The number of carbonyl (C=O) groups excluding carboxylic acids is 1. The van der Waals surface area contributed by atoms with E-state index < -0.39 is 0 Å². The Morgan fingerprint density at radius 1 is 1.07 bits per heavy atom. The number of nitrogens with zero attached hydrogens (tertiary/aromatic N) is 2. The molecule has 2 saturated carbocycles. The molecule has 2 bridgehead atoms. The maximum atomic E-state index is 13.4. The molecule has 0 saturated heterocycles. The van der Waals surface area contributed by atoms with E-state index in [9.17, 15) is 14.0 Å². The number of hydrogen-bond acceptors (Lipinski definition) is 3. The van der Waals surface area contributed by atoms with Crippen molar-refractivity contribution in [2.45, 2.75) is 32.1 Å². The Labute approximate surface area is 167 Å². The van der Waals surface area contributed by atoms with E-state index in [1.165, 1.54) is 31.4 Å². The molecule has 2 aliphatic carbocycles. The minimum atomic E-state index is -0.368. The normalized spacial score (nSPS) is 22.9. The Balaban J connectivity index is 1.48. The van der Waals surface area contributed by atoms with E-state index in [2.05, 4.69) is 10.5 Å². The van der Waals surface area contributed by atoms with Crippen LogP contribution < -0.4 is 11.0 Å². The monoisotopic (exact) mass is 391 g/mol. The molecular formula is C23H22FN3O2. The molecule has 1 heterocycles. The lowest BCUT2D eigenvalue weighted by atomic mass is 9.86. The van der Waals surface area contributed by atoms with E-state index in [4.69, 9.17) is 0 Å². The first-order chi connectivity index (χ1) is 14.1. The first-order valence-electron chi connectivity index (χ1n) is 10.2. The molecule has 2 fully saturated rings. The fourth-order valence-electron chi connectivity index (χ4n) is 5.11. The highest BCUT2D eigenvalue weighted by atomic mass is 19.1. The van der Waals surface area contributed by atoms with Gasteiger partial charge >= 0.3 is 0 Å². The first kappa shape index (κ1) is 18.0. The Bertz CT molecular complexity index is 1140. The molecule has 0 aliphatic heterocycles. The second kappa shape index (κ2) is 7.10. The van der Waals surface area contributed by atoms with E-state index >= 15 is 0 Å². The van der Waals surface area contributed by atoms with Gasteiger partial charge in [-0.1, -0.05) is 24.6 Å². The maximum absolute atomic E-state index is 13.4. The minimum Gasteiger partial charge on any atom is -0.273 e. The van der Waals surface area contributed by atoms with Crippen molar-refractivity contribution in [2.24, 2.45) is 17.8 Å². The van der Waals surface area contributed by atoms with Crippen molar-refractivity contribution in [3.05, 3.63) is 64.7 Å². The number of rotatable bonds is 4. The van der Waals surface area contributed by atoms with Gasteiger partial charge in [0.15, 0.2) is 0 Å². The molecule has 0 spiro atoms. The zero-order chi connectivity index (χ0) is 20.0. The van der Waals surface area contributed by atoms with Crippen molar-refractivity contribution in [1.29, 1.82) is 0 Å². The van der Waals surface area contributed by atoms with Gasteiger partial charge in [0, 0.05) is 17.4 Å². The molecule has 0 unspecified atom stereocenters. The number of fused-ring (bicyclic) bond motifs is 3. The number of amides is 1. The van der Waals surface area contributed by atoms with Crippen molar-refractivity contribution >= 4 is 16.7 Å². The van der Waals surface area contributed by atoms with Crippen molar-refractivity contribution < 1.29 is 9.18 Å². The Morgan fingerprint density at radius 2 is 1.83 bits per heavy atom. The van der Waals surface area contributed by atoms with Crippen LogP contribution in [0, 0.1) is 23.6 Å². The summed E-state index contributed by atoms with van der Waals surface area (Å²) >= 11 is 0. The van der Waals surface area contributed by atoms with Crippen LogP contribution in [0.5, 0.6) is 0 Å². The molecule has 2 aliphatic rings. The number of halogens is 1. The Kier molecular flexibility index (Phi) is 4.42. The summed E-state index contributed by atoms with van der Waals surface area (Å²) in [5, 5.41) is 5.54. The molecule has 5 rings (SSSR count). The molecule has 29 heavy (non-hydrogen) atoms. The fraction of sp³-hybridized carbons (Fsp3) is 0.348. The number of hydrogen-bond donors (Lipinski definition) is 1. The molecule has 5 nitrogen and oxygen atoms in total. The molecule has 3 atom stereocenters. The maximum Gasteiger partial charge on any atom is 0.294 e. The van der Waals surface area contributed by atoms with Crippen LogP contribution in [0.1, 0.15) is 32.1 Å². The van der Waals surface area contributed by atoms with Gasteiger partial charge in [-0.2, -0.15) is 0 Å². The molecule has 2 aromatic carbocycles. The number of carbonyl (C=O) groups is 1. The third-order valence-corrected chi connectivity index (χ3v) is 6.49. The van der Waals surface area contributed by atoms with Gasteiger partial charge in [-0.05, 0) is 67.3 Å². The molecule has 0 radical (unpaired) electrons. The average molecular weight is 391 g/mol. The van der Waals surface area contributed by atoms with E-state index in [0.29, 0.717) is 40.3 Å². The van der Waals surface area contributed by atoms with E-state index in [-0.39, 0.29) is 17.3 Å². The molecule has 6 heteroatoms. The summed E-state index contributed by atoms with van der Waals surface area (Å²) in [6.07, 6.45) is 5.27. The highest BCUT2D eigenvalue weighted by Crippen LogP contribution is 2.49. The standard InChI is InChI=1S/C23H22FN3O2/c24-18-9-7-15(8-10-18)22-19-3-1-2-4-20(19)23(29)27(26-22)25-21(28)13-17-12-14-5-6-16(17)11-14/h1-4,7-10,14,16-17H,5-6,11-13H2,(H,25,28)/t14-,16-,17-/m0/s1. The summed E-state index contributed by atoms with van der Waals surface area (Å²) in [6.45, 7) is 0. The SMILES string of the molecule is O=C(C[C@@H]1C[C@H]2CC[C@H]1C2)Nn1nc(-c2ccc(F)cc2)c2ccccc2c1=O. The minimum absolute atomic E-state index is 0.183. The lowest BCUT2D eigenvalue weighted by molar-refractivity contribution is -0.118. The summed E-state index contributed by atoms with van der Waals surface area (Å²) in [5.74, 6) is 1.29. The quantitative estimate of drug-likeness (QED) is 0.728. The lowest BCUT2D eigenvalue weighted by Crippen LogP contribution is -2.36. The third-order valence-electron chi connectivity index (χ3n) is 6.49. The number of nitrogens with one attached hydrogen (secondary N) is 1. The van der Waals surface area contributed by atoms with E-state index in [0.717, 1.165) is 17.1 Å². The van der Waals surface area contributed by atoms with Gasteiger partial charge in [0.25, 0.3) is 5.56 Å². The highest BCUT2D eigenvalue weighted by Gasteiger charge is 2.40. The smallest absolute Gasteiger partial charge is 0.273 e. The lowest BCUT2D eigenvalue weighted by Gasteiger charge is -2.21. The fourth-order valence-corrected chi connectivity index (χ4v) is 5.11. The van der Waals surface area contributed by atoms with Crippen LogP contribution in [0.4, 0.5) is 4.39 Å². The molecule has 1 aromatic heterocycles. The van der Waals surface area contributed by atoms with Gasteiger partial charge in [-0.3, -0.25) is 9.59 Å². The van der Waals surface area contributed by atoms with E-state index in [1.807, 2.05) is 12.1 Å². The number of benzene rings is 2. The van der Waals surface area contributed by atoms with Crippen molar-refractivity contribution in [2.75, 3.05) is 5.43 Å². The average Bonchev–Trinajstić information content (AvgIpc) is 3.34. The van der Waals surface area contributed by atoms with E-state index in [1.54, 1.807) is 24.3 Å². The van der Waals surface area contributed by atoms with Gasteiger partial charge in [0.1, 0.15) is 11.5 Å². The summed E-state index contributed by atoms with van der Waals surface area (Å²) < 4.78 is 13.4. The third kappa shape index (κ3) is 3.33. The zero-order valence-electron chi connectivity index (χ0n) is 16.0. The molecule has 148 valence electrons. The van der Waals surface area contributed by atoms with Gasteiger partial charge in [-0.15, -0.1) is 9.89 Å². The Hall–Kier alpha value is -3.02. The van der Waals surface area contributed by atoms with Crippen LogP contribution in [-0.4, -0.2) is 15.8 Å². The van der Waals surface area contributed by atoms with Crippen LogP contribution in [0.2, 0.25) is 0 Å². The first-order valence-corrected chi connectivity index (χ1v) is 10.2. The predicted molar refractivity (Wildman–Crippen MR) is 109 cm³/mol. The highest BCUT2D eigenvalue weighted by molar-refractivity contribution is 5.94. The summed E-state index contributed by atoms with van der Waals surface area (Å²) in [7, 11) is 0. The van der Waals surface area contributed by atoms with Crippen LogP contribution in [0.3, 0.4) is 0 Å². The molecule has 1 N–H and O–H groups in total. The van der Waals surface area contributed by atoms with Crippen LogP contribution in [-0.2, 0) is 4.79 Å². The number of aromatic nitrogens is 2. The van der Waals surface area contributed by atoms with Crippen LogP contribution in [0.25, 0.3) is 22.0 Å². The second-order valence-electron chi connectivity index (χ2n) is 8.29. The summed E-state index contributed by atoms with van der Waals surface area (Å²) in [6, 6.07) is 13.1. The zero-order valence-corrected chi connectivity index (χ0v) is 16.0. The predicted octanol–water partition coefficient (Wildman–Crippen LogP) is 4.10. The van der Waals surface area contributed by atoms with Gasteiger partial charge in [0.2, 0.25) is 5.91 Å². The van der Waals surface area contributed by atoms with Gasteiger partial charge < -0.3 is 0 Å². The molecular weight excluding hydrogens is 369 g/mol. The topological polar surface area (TPSA) is 64.0 Å². The van der Waals surface area contributed by atoms with Crippen LogP contribution in [0.15, 0.2) is 53.3 Å². The van der Waals surface area contributed by atoms with Crippen molar-refractivity contribution in [3.63, 3.8) is 0 Å². The summed E-state index contributed by atoms with van der Waals surface area (Å²) in [5.41, 5.74) is 3.53. The Morgan fingerprint density at radius 3 is 2.52 bits per heavy atom. The van der Waals surface area contributed by atoms with Gasteiger partial charge in [0.05, 0.1) is 5.39 Å². The molecule has 3 aromatic rings. The molecule has 1 amide bonds.